The van der Waals surface area contributed by atoms with Crippen LogP contribution in [0.1, 0.15) is 0 Å². The van der Waals surface area contributed by atoms with Gasteiger partial charge in [0.05, 0.1) is 23.6 Å². The van der Waals surface area contributed by atoms with Crippen molar-refractivity contribution in [1.82, 2.24) is 0 Å². The van der Waals surface area contributed by atoms with Gasteiger partial charge in [-0.2, -0.15) is 0 Å². The molecule has 11 heavy (non-hydrogen) atoms. The Morgan fingerprint density at radius 1 is 1.64 bits per heavy atom. The molecule has 0 heterocycles. The van der Waals surface area contributed by atoms with E-state index in [4.69, 9.17) is 5.73 Å². The molecule has 0 saturated heterocycles. The first-order valence-electron chi connectivity index (χ1n) is 2.99. The lowest BCUT2D eigenvalue weighted by Gasteiger charge is -1.93. The van der Waals surface area contributed by atoms with E-state index in [1.54, 1.807) is 26.4 Å². The monoisotopic (exact) mass is 218 g/mol. The lowest BCUT2D eigenvalue weighted by atomic mass is 10.4. The molecule has 0 aromatic carbocycles. The van der Waals surface area contributed by atoms with Crippen LogP contribution in [0.5, 0.6) is 0 Å². The molecule has 0 saturated carbocycles. The zero-order valence-electron chi connectivity index (χ0n) is 6.54. The maximum atomic E-state index is 5.56. The first kappa shape index (κ1) is 10.2. The van der Waals surface area contributed by atoms with Crippen molar-refractivity contribution in [3.8, 4) is 0 Å². The van der Waals surface area contributed by atoms with Gasteiger partial charge in [0.15, 0.2) is 0 Å². The van der Waals surface area contributed by atoms with Gasteiger partial charge in [0.1, 0.15) is 0 Å². The summed E-state index contributed by atoms with van der Waals surface area (Å²) >= 11 is 3.23. The van der Waals surface area contributed by atoms with E-state index in [0.717, 1.165) is 4.48 Å². The van der Waals surface area contributed by atoms with Gasteiger partial charge in [-0.05, 0) is 22.0 Å². The van der Waals surface area contributed by atoms with E-state index in [0.29, 0.717) is 5.70 Å². The largest absolute Gasteiger partial charge is 0.504 e. The second-order valence-electron chi connectivity index (χ2n) is 1.73. The molecular formula is C7H11BrN2O. The summed E-state index contributed by atoms with van der Waals surface area (Å²) in [6.45, 7) is 0. The predicted octanol–water partition coefficient (Wildman–Crippen LogP) is 1.41. The van der Waals surface area contributed by atoms with Crippen LogP contribution >= 0.6 is 15.9 Å². The van der Waals surface area contributed by atoms with Crippen molar-refractivity contribution in [2.24, 2.45) is 10.7 Å². The lowest BCUT2D eigenvalue weighted by molar-refractivity contribution is 0.338. The highest BCUT2D eigenvalue weighted by molar-refractivity contribution is 9.12. The number of rotatable bonds is 3. The van der Waals surface area contributed by atoms with Crippen LogP contribution in [0.4, 0.5) is 0 Å². The summed E-state index contributed by atoms with van der Waals surface area (Å²) < 4.78 is 5.42. The summed E-state index contributed by atoms with van der Waals surface area (Å²) in [5.74, 6) is 0. The minimum Gasteiger partial charge on any atom is -0.504 e. The quantitative estimate of drug-likeness (QED) is 0.443. The summed E-state index contributed by atoms with van der Waals surface area (Å²) in [6, 6.07) is 0. The molecule has 0 unspecified atom stereocenters. The molecule has 0 aliphatic carbocycles. The molecule has 0 bridgehead atoms. The Labute approximate surface area is 74.8 Å². The number of allylic oxidation sites excluding steroid dienone is 2. The number of nitrogens with two attached hydrogens (primary N) is 1. The van der Waals surface area contributed by atoms with Gasteiger partial charge in [-0.1, -0.05) is 0 Å². The third kappa shape index (κ3) is 4.61. The number of methoxy groups -OCH3 is 1. The topological polar surface area (TPSA) is 47.6 Å². The van der Waals surface area contributed by atoms with Crippen LogP contribution in [0.15, 0.2) is 27.5 Å². The second-order valence-corrected chi connectivity index (χ2v) is 2.58. The molecule has 0 aliphatic heterocycles. The number of hydrogen-bond donors (Lipinski definition) is 1. The van der Waals surface area contributed by atoms with E-state index >= 15 is 0 Å². The van der Waals surface area contributed by atoms with Crippen LogP contribution in [0.2, 0.25) is 0 Å². The molecule has 0 aliphatic rings. The molecular weight excluding hydrogens is 208 g/mol. The van der Waals surface area contributed by atoms with Gasteiger partial charge >= 0.3 is 0 Å². The zero-order chi connectivity index (χ0) is 8.69. The third-order valence-corrected chi connectivity index (χ3v) is 1.56. The molecule has 0 rings (SSSR count). The van der Waals surface area contributed by atoms with Gasteiger partial charge in [0.25, 0.3) is 0 Å². The number of nitrogens with zero attached hydrogens (tertiary/aromatic N) is 1. The van der Waals surface area contributed by atoms with Crippen LogP contribution in [-0.4, -0.2) is 20.4 Å². The highest BCUT2D eigenvalue weighted by atomic mass is 79.9. The summed E-state index contributed by atoms with van der Waals surface area (Å²) in [5, 5.41) is 0. The van der Waals surface area contributed by atoms with E-state index in [9.17, 15) is 0 Å². The summed E-state index contributed by atoms with van der Waals surface area (Å²) in [7, 11) is 3.24. The van der Waals surface area contributed by atoms with Crippen molar-refractivity contribution >= 4 is 22.1 Å². The number of halogens is 1. The molecule has 3 nitrogen and oxygen atoms in total. The molecule has 62 valence electrons. The summed E-state index contributed by atoms with van der Waals surface area (Å²) in [4.78, 5) is 3.78. The average Bonchev–Trinajstić information content (AvgIpc) is 2.00. The Morgan fingerprint density at radius 2 is 2.27 bits per heavy atom. The molecule has 0 atom stereocenters. The fourth-order valence-electron chi connectivity index (χ4n) is 0.409. The van der Waals surface area contributed by atoms with Gasteiger partial charge in [-0.25, -0.2) is 0 Å². The van der Waals surface area contributed by atoms with Crippen molar-refractivity contribution in [3.05, 3.63) is 22.5 Å². The van der Waals surface area contributed by atoms with E-state index in [1.165, 1.54) is 6.26 Å². The molecule has 2 N–H and O–H groups in total. The summed E-state index contributed by atoms with van der Waals surface area (Å²) in [5.41, 5.74) is 6.15. The Morgan fingerprint density at radius 3 is 2.73 bits per heavy atom. The standard InChI is InChI=1S/C7H11BrN2O/c1-10-5-6(8)7(9)3-4-11-2/h3-5H,9H2,1-2H3/b4-3+,7-6?,10-5?. The maximum absolute atomic E-state index is 5.56. The fraction of sp³-hybridized carbons (Fsp3) is 0.286. The van der Waals surface area contributed by atoms with Crippen molar-refractivity contribution in [2.45, 2.75) is 0 Å². The van der Waals surface area contributed by atoms with Crippen LogP contribution in [0, 0.1) is 0 Å². The van der Waals surface area contributed by atoms with Crippen LogP contribution in [-0.2, 0) is 4.74 Å². The van der Waals surface area contributed by atoms with E-state index < -0.39 is 0 Å². The zero-order valence-corrected chi connectivity index (χ0v) is 8.13. The second kappa shape index (κ2) is 5.97. The van der Waals surface area contributed by atoms with Gasteiger partial charge < -0.3 is 10.5 Å². The van der Waals surface area contributed by atoms with Crippen LogP contribution < -0.4 is 5.73 Å². The van der Waals surface area contributed by atoms with E-state index in [2.05, 4.69) is 25.7 Å². The SMILES string of the molecule is CN=CC(Br)=C(N)/C=C/OC. The molecule has 0 fully saturated rings. The summed E-state index contributed by atoms with van der Waals surface area (Å²) in [6.07, 6.45) is 4.77. The smallest absolute Gasteiger partial charge is 0.0845 e. The molecule has 0 aromatic rings. The predicted molar refractivity (Wildman–Crippen MR) is 50.7 cm³/mol. The Hall–Kier alpha value is -0.770. The normalized spacial score (nSPS) is 14.1. The van der Waals surface area contributed by atoms with Gasteiger partial charge in [-0.15, -0.1) is 0 Å². The van der Waals surface area contributed by atoms with Gasteiger partial charge in [0, 0.05) is 13.3 Å². The van der Waals surface area contributed by atoms with Crippen molar-refractivity contribution in [2.75, 3.05) is 14.2 Å². The Balaban J connectivity index is 4.27. The first-order chi connectivity index (χ1) is 5.22. The highest BCUT2D eigenvalue weighted by Crippen LogP contribution is 2.05. The van der Waals surface area contributed by atoms with Crippen molar-refractivity contribution in [1.29, 1.82) is 0 Å². The number of hydrogen-bond acceptors (Lipinski definition) is 3. The maximum Gasteiger partial charge on any atom is 0.0845 e. The minimum atomic E-state index is 0.581. The van der Waals surface area contributed by atoms with Gasteiger partial charge in [-0.3, -0.25) is 4.99 Å². The highest BCUT2D eigenvalue weighted by Gasteiger charge is 1.90. The third-order valence-electron chi connectivity index (χ3n) is 0.902. The lowest BCUT2D eigenvalue weighted by Crippen LogP contribution is -1.96. The number of ether oxygens (including phenoxy) is 1. The molecule has 0 aromatic heterocycles. The van der Waals surface area contributed by atoms with E-state index in [-0.39, 0.29) is 0 Å². The Kier molecular flexibility index (Phi) is 5.56. The van der Waals surface area contributed by atoms with Crippen LogP contribution in [0.3, 0.4) is 0 Å². The van der Waals surface area contributed by atoms with Crippen molar-refractivity contribution < 1.29 is 4.74 Å². The number of aliphatic imine (C=N–C) groups is 1. The minimum absolute atomic E-state index is 0.581. The molecule has 4 heteroatoms. The van der Waals surface area contributed by atoms with Gasteiger partial charge in [0.2, 0.25) is 0 Å². The van der Waals surface area contributed by atoms with E-state index in [1.807, 2.05) is 0 Å². The fourth-order valence-corrected chi connectivity index (χ4v) is 0.746. The molecule has 0 spiro atoms. The molecule has 0 radical (unpaired) electrons. The molecule has 0 amide bonds. The van der Waals surface area contributed by atoms with Crippen LogP contribution in [0.25, 0.3) is 0 Å². The first-order valence-corrected chi connectivity index (χ1v) is 3.78. The van der Waals surface area contributed by atoms with Crippen molar-refractivity contribution in [3.63, 3.8) is 0 Å². The Bertz CT molecular complexity index is 197. The average molecular weight is 219 g/mol.